The summed E-state index contributed by atoms with van der Waals surface area (Å²) in [5.41, 5.74) is 6.41. The van der Waals surface area contributed by atoms with Crippen LogP contribution in [0.4, 0.5) is 5.69 Å². The quantitative estimate of drug-likeness (QED) is 0.688. The number of nitrogens with two attached hydrogens (primary N) is 1. The minimum Gasteiger partial charge on any atom is -0.460 e. The van der Waals surface area contributed by atoms with Crippen molar-refractivity contribution in [3.63, 3.8) is 0 Å². The van der Waals surface area contributed by atoms with E-state index >= 15 is 0 Å². The summed E-state index contributed by atoms with van der Waals surface area (Å²) in [6.45, 7) is 2.72. The lowest BCUT2D eigenvalue weighted by Crippen LogP contribution is -2.12. The fraction of sp³-hybridized carbons (Fsp3) is 0.231. The molecule has 0 amide bonds. The first-order valence-electron chi connectivity index (χ1n) is 5.77. The molecule has 2 aromatic rings. The Kier molecular flexibility index (Phi) is 4.06. The van der Waals surface area contributed by atoms with Crippen molar-refractivity contribution in [2.24, 2.45) is 0 Å². The van der Waals surface area contributed by atoms with Crippen molar-refractivity contribution < 1.29 is 9.53 Å². The van der Waals surface area contributed by atoms with Crippen molar-refractivity contribution in [3.8, 4) is 0 Å². The number of hydrogen-bond donors (Lipinski definition) is 1. The zero-order valence-electron chi connectivity index (χ0n) is 10.5. The zero-order valence-corrected chi connectivity index (χ0v) is 11.2. The summed E-state index contributed by atoms with van der Waals surface area (Å²) in [5, 5.41) is 0.414. The Hall–Kier alpha value is -2.01. The standard InChI is InChI=1S/C13H14ClN3O2/c1-9-16-2-3-17(9)4-5-19-13(18)10-6-11(14)8-12(15)7-10/h2-3,6-8H,4-5,15H2,1H3. The molecule has 0 saturated heterocycles. The fourth-order valence-electron chi connectivity index (χ4n) is 1.69. The molecule has 0 atom stereocenters. The van der Waals surface area contributed by atoms with E-state index in [4.69, 9.17) is 22.1 Å². The van der Waals surface area contributed by atoms with Crippen LogP contribution in [-0.2, 0) is 11.3 Å². The highest BCUT2D eigenvalue weighted by molar-refractivity contribution is 6.31. The van der Waals surface area contributed by atoms with Crippen LogP contribution in [0.3, 0.4) is 0 Å². The molecule has 0 aliphatic heterocycles. The molecule has 2 rings (SSSR count). The molecule has 0 aliphatic carbocycles. The van der Waals surface area contributed by atoms with Gasteiger partial charge in [-0.25, -0.2) is 9.78 Å². The minimum absolute atomic E-state index is 0.266. The Balaban J connectivity index is 1.92. The first-order chi connectivity index (χ1) is 9.06. The van der Waals surface area contributed by atoms with E-state index in [0.29, 0.717) is 22.8 Å². The smallest absolute Gasteiger partial charge is 0.338 e. The number of nitrogens with zero attached hydrogens (tertiary/aromatic N) is 2. The molecular formula is C13H14ClN3O2. The minimum atomic E-state index is -0.438. The molecule has 2 N–H and O–H groups in total. The Morgan fingerprint density at radius 2 is 2.26 bits per heavy atom. The van der Waals surface area contributed by atoms with E-state index in [1.165, 1.54) is 12.1 Å². The van der Waals surface area contributed by atoms with Gasteiger partial charge in [-0.3, -0.25) is 0 Å². The monoisotopic (exact) mass is 279 g/mol. The second kappa shape index (κ2) is 5.75. The Labute approximate surface area is 116 Å². The van der Waals surface area contributed by atoms with Crippen LogP contribution in [-0.4, -0.2) is 22.1 Å². The molecule has 1 aromatic heterocycles. The molecule has 19 heavy (non-hydrogen) atoms. The maximum Gasteiger partial charge on any atom is 0.338 e. The highest BCUT2D eigenvalue weighted by Crippen LogP contribution is 2.17. The number of ether oxygens (including phenoxy) is 1. The molecule has 6 heteroatoms. The lowest BCUT2D eigenvalue weighted by atomic mass is 10.2. The van der Waals surface area contributed by atoms with Gasteiger partial charge in [0.25, 0.3) is 0 Å². The summed E-state index contributed by atoms with van der Waals surface area (Å²) in [6.07, 6.45) is 3.54. The molecule has 0 radical (unpaired) electrons. The molecule has 100 valence electrons. The highest BCUT2D eigenvalue weighted by Gasteiger charge is 2.09. The van der Waals surface area contributed by atoms with Crippen molar-refractivity contribution in [2.45, 2.75) is 13.5 Å². The predicted molar refractivity (Wildman–Crippen MR) is 73.1 cm³/mol. The maximum absolute atomic E-state index is 11.8. The SMILES string of the molecule is Cc1nccn1CCOC(=O)c1cc(N)cc(Cl)c1. The number of nitrogen functional groups attached to an aromatic ring is 1. The molecule has 0 saturated carbocycles. The molecule has 0 aliphatic rings. The first kappa shape index (κ1) is 13.4. The zero-order chi connectivity index (χ0) is 13.8. The normalized spacial score (nSPS) is 10.4. The summed E-state index contributed by atoms with van der Waals surface area (Å²) in [6, 6.07) is 4.65. The van der Waals surface area contributed by atoms with Gasteiger partial charge in [0.2, 0.25) is 0 Å². The van der Waals surface area contributed by atoms with Crippen LogP contribution in [0.5, 0.6) is 0 Å². The molecule has 1 heterocycles. The summed E-state index contributed by atoms with van der Waals surface area (Å²) in [5.74, 6) is 0.440. The number of rotatable bonds is 4. The van der Waals surface area contributed by atoms with Gasteiger partial charge in [0.1, 0.15) is 12.4 Å². The largest absolute Gasteiger partial charge is 0.460 e. The molecule has 5 nitrogen and oxygen atoms in total. The lowest BCUT2D eigenvalue weighted by Gasteiger charge is -2.07. The highest BCUT2D eigenvalue weighted by atomic mass is 35.5. The summed E-state index contributed by atoms with van der Waals surface area (Å²) in [7, 11) is 0. The third-order valence-electron chi connectivity index (χ3n) is 2.64. The van der Waals surface area contributed by atoms with Crippen molar-refractivity contribution in [1.29, 1.82) is 0 Å². The topological polar surface area (TPSA) is 70.1 Å². The van der Waals surface area contributed by atoms with E-state index in [1.807, 2.05) is 17.7 Å². The second-order valence-electron chi connectivity index (χ2n) is 4.08. The number of esters is 1. The molecule has 0 spiro atoms. The molecule has 0 bridgehead atoms. The van der Waals surface area contributed by atoms with E-state index in [0.717, 1.165) is 5.82 Å². The van der Waals surface area contributed by atoms with Gasteiger partial charge in [0.05, 0.1) is 12.1 Å². The molecule has 0 fully saturated rings. The number of imidazole rings is 1. The Morgan fingerprint density at radius 1 is 1.47 bits per heavy atom. The van der Waals surface area contributed by atoms with Crippen LogP contribution in [0, 0.1) is 6.92 Å². The van der Waals surface area contributed by atoms with Gasteiger partial charge in [-0.15, -0.1) is 0 Å². The van der Waals surface area contributed by atoms with Gasteiger partial charge in [0.15, 0.2) is 0 Å². The number of carbonyl (C=O) groups excluding carboxylic acids is 1. The van der Waals surface area contributed by atoms with E-state index in [9.17, 15) is 4.79 Å². The third-order valence-corrected chi connectivity index (χ3v) is 2.86. The van der Waals surface area contributed by atoms with Crippen LogP contribution in [0.1, 0.15) is 16.2 Å². The van der Waals surface area contributed by atoms with E-state index in [1.54, 1.807) is 12.3 Å². The van der Waals surface area contributed by atoms with Crippen LogP contribution in [0.2, 0.25) is 5.02 Å². The van der Waals surface area contributed by atoms with Crippen molar-refractivity contribution >= 4 is 23.3 Å². The van der Waals surface area contributed by atoms with Crippen LogP contribution >= 0.6 is 11.6 Å². The summed E-state index contributed by atoms with van der Waals surface area (Å²) >= 11 is 5.83. The average Bonchev–Trinajstić information content (AvgIpc) is 2.74. The average molecular weight is 280 g/mol. The van der Waals surface area contributed by atoms with Gasteiger partial charge in [-0.2, -0.15) is 0 Å². The van der Waals surface area contributed by atoms with Gasteiger partial charge < -0.3 is 15.0 Å². The molecule has 0 unspecified atom stereocenters. The number of halogens is 1. The molecule has 1 aromatic carbocycles. The van der Waals surface area contributed by atoms with Gasteiger partial charge >= 0.3 is 5.97 Å². The van der Waals surface area contributed by atoms with E-state index < -0.39 is 5.97 Å². The maximum atomic E-state index is 11.8. The van der Waals surface area contributed by atoms with Crippen molar-refractivity contribution in [2.75, 3.05) is 12.3 Å². The number of aryl methyl sites for hydroxylation is 1. The van der Waals surface area contributed by atoms with E-state index in [-0.39, 0.29) is 6.61 Å². The number of hydrogen-bond acceptors (Lipinski definition) is 4. The van der Waals surface area contributed by atoms with Crippen molar-refractivity contribution in [3.05, 3.63) is 47.0 Å². The fourth-order valence-corrected chi connectivity index (χ4v) is 1.93. The molecular weight excluding hydrogens is 266 g/mol. The van der Waals surface area contributed by atoms with Crippen LogP contribution in [0.15, 0.2) is 30.6 Å². The number of anilines is 1. The second-order valence-corrected chi connectivity index (χ2v) is 4.51. The summed E-state index contributed by atoms with van der Waals surface area (Å²) in [4.78, 5) is 15.9. The predicted octanol–water partition coefficient (Wildman–Crippen LogP) is 2.28. The first-order valence-corrected chi connectivity index (χ1v) is 6.15. The van der Waals surface area contributed by atoms with Crippen LogP contribution in [0.25, 0.3) is 0 Å². The Morgan fingerprint density at radius 3 is 2.89 bits per heavy atom. The number of aromatic nitrogens is 2. The third kappa shape index (κ3) is 3.48. The van der Waals surface area contributed by atoms with Crippen molar-refractivity contribution in [1.82, 2.24) is 9.55 Å². The lowest BCUT2D eigenvalue weighted by molar-refractivity contribution is 0.0490. The van der Waals surface area contributed by atoms with E-state index in [2.05, 4.69) is 4.98 Å². The van der Waals surface area contributed by atoms with Crippen LogP contribution < -0.4 is 5.73 Å². The number of benzene rings is 1. The van der Waals surface area contributed by atoms with Gasteiger partial charge in [-0.05, 0) is 25.1 Å². The number of carbonyl (C=O) groups is 1. The summed E-state index contributed by atoms with van der Waals surface area (Å²) < 4.78 is 7.07. The van der Waals surface area contributed by atoms with Gasteiger partial charge in [0, 0.05) is 23.1 Å². The Bertz CT molecular complexity index is 575. The van der Waals surface area contributed by atoms with Gasteiger partial charge in [-0.1, -0.05) is 11.6 Å².